The van der Waals surface area contributed by atoms with E-state index in [9.17, 15) is 18.0 Å². The van der Waals surface area contributed by atoms with Crippen LogP contribution in [0, 0.1) is 13.8 Å². The Bertz CT molecular complexity index is 984. The molecule has 0 aliphatic carbocycles. The fraction of sp³-hybridized carbons (Fsp3) is 0.278. The second-order valence-corrected chi connectivity index (χ2v) is 6.11. The van der Waals surface area contributed by atoms with Gasteiger partial charge in [0.25, 0.3) is 0 Å². The lowest BCUT2D eigenvalue weighted by Crippen LogP contribution is -2.16. The van der Waals surface area contributed by atoms with Crippen LogP contribution in [-0.2, 0) is 17.4 Å². The Morgan fingerprint density at radius 1 is 1.11 bits per heavy atom. The molecular formula is C18H16F3N5O2. The van der Waals surface area contributed by atoms with Crippen LogP contribution < -0.4 is 5.32 Å². The van der Waals surface area contributed by atoms with Gasteiger partial charge in [0.05, 0.1) is 23.1 Å². The van der Waals surface area contributed by atoms with Crippen molar-refractivity contribution in [3.05, 3.63) is 53.0 Å². The predicted molar refractivity (Wildman–Crippen MR) is 93.2 cm³/mol. The number of aromatic nitrogens is 4. The van der Waals surface area contributed by atoms with Gasteiger partial charge in [0, 0.05) is 17.5 Å². The van der Waals surface area contributed by atoms with E-state index in [1.54, 1.807) is 13.8 Å². The second-order valence-electron chi connectivity index (χ2n) is 6.11. The molecule has 0 fully saturated rings. The van der Waals surface area contributed by atoms with Crippen molar-refractivity contribution in [1.82, 2.24) is 20.3 Å². The SMILES string of the molecule is Cc1nnc(NC(=O)CCc2cnoc2-c2ccc(C(F)(F)F)cc2)nc1C. The minimum Gasteiger partial charge on any atom is -0.356 e. The molecule has 3 aromatic rings. The van der Waals surface area contributed by atoms with E-state index < -0.39 is 11.7 Å². The predicted octanol–water partition coefficient (Wildman–Crippen LogP) is 3.73. The third-order valence-electron chi connectivity index (χ3n) is 4.08. The lowest BCUT2D eigenvalue weighted by Gasteiger charge is -2.07. The van der Waals surface area contributed by atoms with Gasteiger partial charge in [-0.1, -0.05) is 17.3 Å². The highest BCUT2D eigenvalue weighted by Gasteiger charge is 2.30. The van der Waals surface area contributed by atoms with Gasteiger partial charge in [-0.15, -0.1) is 5.10 Å². The summed E-state index contributed by atoms with van der Waals surface area (Å²) in [7, 11) is 0. The Labute approximate surface area is 158 Å². The van der Waals surface area contributed by atoms with E-state index >= 15 is 0 Å². The molecule has 28 heavy (non-hydrogen) atoms. The quantitative estimate of drug-likeness (QED) is 0.712. The zero-order valence-electron chi connectivity index (χ0n) is 15.0. The van der Waals surface area contributed by atoms with Gasteiger partial charge in [-0.05, 0) is 32.4 Å². The summed E-state index contributed by atoms with van der Waals surface area (Å²) in [5.41, 5.74) is 1.63. The number of hydrogen-bond donors (Lipinski definition) is 1. The summed E-state index contributed by atoms with van der Waals surface area (Å²) >= 11 is 0. The fourth-order valence-corrected chi connectivity index (χ4v) is 2.43. The summed E-state index contributed by atoms with van der Waals surface area (Å²) in [6.45, 7) is 3.52. The molecule has 1 aromatic carbocycles. The van der Waals surface area contributed by atoms with Crippen molar-refractivity contribution in [2.45, 2.75) is 32.9 Å². The van der Waals surface area contributed by atoms with E-state index in [0.29, 0.717) is 28.3 Å². The fourth-order valence-electron chi connectivity index (χ4n) is 2.43. The monoisotopic (exact) mass is 391 g/mol. The first kappa shape index (κ1) is 19.5. The van der Waals surface area contributed by atoms with E-state index in [0.717, 1.165) is 12.1 Å². The van der Waals surface area contributed by atoms with Crippen molar-refractivity contribution < 1.29 is 22.5 Å². The van der Waals surface area contributed by atoms with Gasteiger partial charge in [0.15, 0.2) is 5.76 Å². The van der Waals surface area contributed by atoms with Crippen molar-refractivity contribution >= 4 is 11.9 Å². The van der Waals surface area contributed by atoms with Crippen molar-refractivity contribution in [2.75, 3.05) is 5.32 Å². The van der Waals surface area contributed by atoms with Crippen molar-refractivity contribution in [3.63, 3.8) is 0 Å². The largest absolute Gasteiger partial charge is 0.416 e. The van der Waals surface area contributed by atoms with Gasteiger partial charge in [0.1, 0.15) is 0 Å². The molecule has 10 heteroatoms. The van der Waals surface area contributed by atoms with Crippen molar-refractivity contribution in [2.24, 2.45) is 0 Å². The summed E-state index contributed by atoms with van der Waals surface area (Å²) in [5.74, 6) is 0.108. The number of aryl methyl sites for hydroxylation is 3. The van der Waals surface area contributed by atoms with E-state index in [-0.39, 0.29) is 24.7 Å². The van der Waals surface area contributed by atoms with Gasteiger partial charge >= 0.3 is 6.18 Å². The molecule has 1 N–H and O–H groups in total. The first-order chi connectivity index (χ1) is 13.2. The molecule has 0 aliphatic heterocycles. The molecule has 0 atom stereocenters. The molecule has 1 amide bonds. The number of benzene rings is 1. The highest BCUT2D eigenvalue weighted by Crippen LogP contribution is 2.32. The molecule has 146 valence electrons. The summed E-state index contributed by atoms with van der Waals surface area (Å²) in [6, 6.07) is 4.56. The molecule has 0 spiro atoms. The van der Waals surface area contributed by atoms with Gasteiger partial charge < -0.3 is 4.52 Å². The maximum Gasteiger partial charge on any atom is 0.416 e. The number of amides is 1. The average molecular weight is 391 g/mol. The zero-order chi connectivity index (χ0) is 20.3. The van der Waals surface area contributed by atoms with Gasteiger partial charge in [-0.25, -0.2) is 4.98 Å². The second kappa shape index (κ2) is 7.75. The van der Waals surface area contributed by atoms with Crippen molar-refractivity contribution in [3.8, 4) is 11.3 Å². The van der Waals surface area contributed by atoms with Crippen LogP contribution >= 0.6 is 0 Å². The Morgan fingerprint density at radius 3 is 2.46 bits per heavy atom. The number of hydrogen-bond acceptors (Lipinski definition) is 6. The summed E-state index contributed by atoms with van der Waals surface area (Å²) in [6.07, 6.45) is -2.60. The van der Waals surface area contributed by atoms with E-state index in [1.165, 1.54) is 18.3 Å². The van der Waals surface area contributed by atoms with Crippen LogP contribution in [0.25, 0.3) is 11.3 Å². The highest BCUT2D eigenvalue weighted by molar-refractivity contribution is 5.89. The number of carbonyl (C=O) groups excluding carboxylic acids is 1. The van der Waals surface area contributed by atoms with E-state index in [2.05, 4.69) is 25.7 Å². The van der Waals surface area contributed by atoms with Crippen LogP contribution in [0.3, 0.4) is 0 Å². The normalized spacial score (nSPS) is 11.5. The number of alkyl halides is 3. The lowest BCUT2D eigenvalue weighted by atomic mass is 10.0. The zero-order valence-corrected chi connectivity index (χ0v) is 15.0. The number of carbonyl (C=O) groups is 1. The topological polar surface area (TPSA) is 93.8 Å². The minimum atomic E-state index is -4.41. The summed E-state index contributed by atoms with van der Waals surface area (Å²) in [4.78, 5) is 16.2. The van der Waals surface area contributed by atoms with E-state index in [1.807, 2.05) is 0 Å². The van der Waals surface area contributed by atoms with Crippen LogP contribution in [0.2, 0.25) is 0 Å². The molecule has 3 rings (SSSR count). The average Bonchev–Trinajstić information content (AvgIpc) is 3.11. The molecule has 0 radical (unpaired) electrons. The number of rotatable bonds is 5. The van der Waals surface area contributed by atoms with E-state index in [4.69, 9.17) is 4.52 Å². The maximum absolute atomic E-state index is 12.7. The van der Waals surface area contributed by atoms with Gasteiger partial charge in [-0.3, -0.25) is 10.1 Å². The molecule has 0 unspecified atom stereocenters. The van der Waals surface area contributed by atoms with Crippen LogP contribution in [0.15, 0.2) is 35.0 Å². The van der Waals surface area contributed by atoms with Crippen LogP contribution in [0.5, 0.6) is 0 Å². The molecule has 0 saturated heterocycles. The Morgan fingerprint density at radius 2 is 1.82 bits per heavy atom. The standard InChI is InChI=1S/C18H16F3N5O2/c1-10-11(2)25-26-17(23-10)24-15(27)8-5-13-9-22-28-16(13)12-3-6-14(7-4-12)18(19,20)21/h3-4,6-7,9H,5,8H2,1-2H3,(H,23,24,26,27). The first-order valence-electron chi connectivity index (χ1n) is 8.33. The number of anilines is 1. The first-order valence-corrected chi connectivity index (χ1v) is 8.33. The molecule has 2 heterocycles. The van der Waals surface area contributed by atoms with Crippen LogP contribution in [0.1, 0.15) is 28.9 Å². The molecular weight excluding hydrogens is 375 g/mol. The Balaban J connectivity index is 1.65. The summed E-state index contributed by atoms with van der Waals surface area (Å²) in [5, 5.41) is 13.9. The third kappa shape index (κ3) is 4.51. The molecule has 0 bridgehead atoms. The van der Waals surface area contributed by atoms with Crippen LogP contribution in [0.4, 0.5) is 19.1 Å². The van der Waals surface area contributed by atoms with Crippen molar-refractivity contribution in [1.29, 1.82) is 0 Å². The Kier molecular flexibility index (Phi) is 5.39. The Hall–Kier alpha value is -3.30. The molecule has 0 aliphatic rings. The number of nitrogens with zero attached hydrogens (tertiary/aromatic N) is 4. The molecule has 7 nitrogen and oxygen atoms in total. The number of nitrogens with one attached hydrogen (secondary N) is 1. The minimum absolute atomic E-state index is 0.0884. The van der Waals surface area contributed by atoms with Gasteiger partial charge in [-0.2, -0.15) is 18.3 Å². The smallest absolute Gasteiger partial charge is 0.356 e. The molecule has 0 saturated carbocycles. The van der Waals surface area contributed by atoms with Gasteiger partial charge in [0.2, 0.25) is 11.9 Å². The third-order valence-corrected chi connectivity index (χ3v) is 4.08. The maximum atomic E-state index is 12.7. The summed E-state index contributed by atoms with van der Waals surface area (Å²) < 4.78 is 43.2. The number of halogens is 3. The lowest BCUT2D eigenvalue weighted by molar-refractivity contribution is -0.137. The highest BCUT2D eigenvalue weighted by atomic mass is 19.4. The molecule has 2 aromatic heterocycles. The van der Waals surface area contributed by atoms with Crippen LogP contribution in [-0.4, -0.2) is 26.2 Å².